The molecule has 4 heteroatoms. The number of aryl methyl sites for hydroxylation is 1. The monoisotopic (exact) mass is 235 g/mol. The molecule has 0 atom stereocenters. The molecule has 84 valence electrons. The van der Waals surface area contributed by atoms with Crippen molar-refractivity contribution in [3.63, 3.8) is 0 Å². The van der Waals surface area contributed by atoms with E-state index in [1.165, 1.54) is 5.56 Å². The van der Waals surface area contributed by atoms with Crippen molar-refractivity contribution in [1.29, 1.82) is 0 Å². The quantitative estimate of drug-likeness (QED) is 0.886. The van der Waals surface area contributed by atoms with Crippen LogP contribution in [0.5, 0.6) is 0 Å². The van der Waals surface area contributed by atoms with Crippen LogP contribution in [0.1, 0.15) is 5.56 Å². The van der Waals surface area contributed by atoms with Crippen LogP contribution in [0.15, 0.2) is 30.5 Å². The first-order chi connectivity index (χ1) is 7.72. The van der Waals surface area contributed by atoms with Gasteiger partial charge in [0.1, 0.15) is 0 Å². The number of halogens is 1. The normalized spacial score (nSPS) is 10.7. The summed E-state index contributed by atoms with van der Waals surface area (Å²) in [4.78, 5) is 0. The average Bonchev–Trinajstić information content (AvgIpc) is 2.60. The average molecular weight is 236 g/mol. The number of nitrogens with one attached hydrogen (secondary N) is 1. The summed E-state index contributed by atoms with van der Waals surface area (Å²) in [6.45, 7) is 0.801. The molecule has 1 aromatic carbocycles. The number of nitrogens with zero attached hydrogens (tertiary/aromatic N) is 2. The molecule has 3 nitrogen and oxygen atoms in total. The van der Waals surface area contributed by atoms with Crippen LogP contribution in [0.4, 0.5) is 0 Å². The van der Waals surface area contributed by atoms with E-state index in [0.717, 1.165) is 22.8 Å². The van der Waals surface area contributed by atoms with E-state index in [4.69, 9.17) is 11.6 Å². The van der Waals surface area contributed by atoms with Gasteiger partial charge in [0.05, 0.1) is 11.9 Å². The third kappa shape index (κ3) is 2.10. The van der Waals surface area contributed by atoms with Gasteiger partial charge in [-0.15, -0.1) is 0 Å². The largest absolute Gasteiger partial charge is 0.316 e. The lowest BCUT2D eigenvalue weighted by molar-refractivity contribution is 0.773. The third-order valence-corrected chi connectivity index (χ3v) is 2.71. The second-order valence-electron chi connectivity index (χ2n) is 3.68. The van der Waals surface area contributed by atoms with E-state index >= 15 is 0 Å². The highest BCUT2D eigenvalue weighted by Gasteiger charge is 2.10. The molecule has 1 heterocycles. The predicted octanol–water partition coefficient (Wildman–Crippen LogP) is 2.46. The summed E-state index contributed by atoms with van der Waals surface area (Å²) in [5, 5.41) is 8.16. The highest BCUT2D eigenvalue weighted by atomic mass is 35.5. The lowest BCUT2D eigenvalue weighted by Gasteiger charge is -2.06. The highest BCUT2D eigenvalue weighted by Crippen LogP contribution is 2.25. The van der Waals surface area contributed by atoms with Crippen molar-refractivity contribution in [2.45, 2.75) is 6.54 Å². The van der Waals surface area contributed by atoms with Crippen LogP contribution in [-0.2, 0) is 13.6 Å². The van der Waals surface area contributed by atoms with E-state index in [0.29, 0.717) is 0 Å². The van der Waals surface area contributed by atoms with Crippen molar-refractivity contribution in [1.82, 2.24) is 15.1 Å². The van der Waals surface area contributed by atoms with Crippen molar-refractivity contribution in [2.75, 3.05) is 7.05 Å². The Balaban J connectivity index is 2.50. The Morgan fingerprint density at radius 3 is 2.94 bits per heavy atom. The van der Waals surface area contributed by atoms with Gasteiger partial charge in [-0.1, -0.05) is 23.7 Å². The maximum absolute atomic E-state index is 6.00. The van der Waals surface area contributed by atoms with Gasteiger partial charge in [-0.05, 0) is 19.2 Å². The molecule has 0 fully saturated rings. The van der Waals surface area contributed by atoms with Gasteiger partial charge in [0, 0.05) is 29.7 Å². The van der Waals surface area contributed by atoms with E-state index in [9.17, 15) is 0 Å². The van der Waals surface area contributed by atoms with Crippen molar-refractivity contribution in [3.05, 3.63) is 41.0 Å². The summed E-state index contributed by atoms with van der Waals surface area (Å²) < 4.78 is 1.87. The first kappa shape index (κ1) is 11.2. The lowest BCUT2D eigenvalue weighted by Crippen LogP contribution is -2.06. The summed E-state index contributed by atoms with van der Waals surface area (Å²) in [6.07, 6.45) is 1.88. The summed E-state index contributed by atoms with van der Waals surface area (Å²) in [5.74, 6) is 0. The minimum Gasteiger partial charge on any atom is -0.316 e. The van der Waals surface area contributed by atoms with E-state index in [2.05, 4.69) is 10.4 Å². The first-order valence-corrected chi connectivity index (χ1v) is 5.51. The van der Waals surface area contributed by atoms with Crippen LogP contribution in [0, 0.1) is 0 Å². The minimum absolute atomic E-state index is 0.745. The Labute approximate surface area is 100 Å². The van der Waals surface area contributed by atoms with Gasteiger partial charge in [-0.25, -0.2) is 0 Å². The molecule has 0 aliphatic rings. The van der Waals surface area contributed by atoms with Gasteiger partial charge in [0.25, 0.3) is 0 Å². The Kier molecular flexibility index (Phi) is 3.27. The summed E-state index contributed by atoms with van der Waals surface area (Å²) in [6, 6.07) is 7.83. The molecule has 0 radical (unpaired) electrons. The van der Waals surface area contributed by atoms with E-state index in [-0.39, 0.29) is 0 Å². The molecule has 1 N–H and O–H groups in total. The predicted molar refractivity (Wildman–Crippen MR) is 66.4 cm³/mol. The van der Waals surface area contributed by atoms with Gasteiger partial charge in [-0.2, -0.15) is 5.10 Å². The van der Waals surface area contributed by atoms with Crippen LogP contribution in [0.25, 0.3) is 11.3 Å². The number of hydrogen-bond donors (Lipinski definition) is 1. The minimum atomic E-state index is 0.745. The van der Waals surface area contributed by atoms with Gasteiger partial charge in [-0.3, -0.25) is 4.68 Å². The van der Waals surface area contributed by atoms with Crippen molar-refractivity contribution < 1.29 is 0 Å². The molecule has 0 saturated heterocycles. The van der Waals surface area contributed by atoms with Crippen molar-refractivity contribution >= 4 is 11.6 Å². The van der Waals surface area contributed by atoms with Gasteiger partial charge in [0.15, 0.2) is 0 Å². The van der Waals surface area contributed by atoms with Crippen molar-refractivity contribution in [2.24, 2.45) is 7.05 Å². The summed E-state index contributed by atoms with van der Waals surface area (Å²) >= 11 is 6.00. The fourth-order valence-corrected chi connectivity index (χ4v) is 2.00. The van der Waals surface area contributed by atoms with Gasteiger partial charge < -0.3 is 5.32 Å². The van der Waals surface area contributed by atoms with Crippen molar-refractivity contribution in [3.8, 4) is 11.3 Å². The van der Waals surface area contributed by atoms with Crippen LogP contribution in [-0.4, -0.2) is 16.8 Å². The Morgan fingerprint density at radius 1 is 1.44 bits per heavy atom. The number of aromatic nitrogens is 2. The molecular weight excluding hydrogens is 222 g/mol. The molecule has 0 bridgehead atoms. The summed E-state index contributed by atoms with van der Waals surface area (Å²) in [5.41, 5.74) is 3.38. The zero-order valence-corrected chi connectivity index (χ0v) is 10.1. The number of hydrogen-bond acceptors (Lipinski definition) is 2. The van der Waals surface area contributed by atoms with E-state index in [1.807, 2.05) is 49.2 Å². The SMILES string of the molecule is CNCc1cnn(C)c1-c1cccc(Cl)c1. The Morgan fingerprint density at radius 2 is 2.25 bits per heavy atom. The fourth-order valence-electron chi connectivity index (χ4n) is 1.81. The molecule has 0 aliphatic heterocycles. The van der Waals surface area contributed by atoms with Crippen LogP contribution in [0.2, 0.25) is 5.02 Å². The molecule has 16 heavy (non-hydrogen) atoms. The first-order valence-electron chi connectivity index (χ1n) is 5.14. The van der Waals surface area contributed by atoms with Crippen LogP contribution < -0.4 is 5.32 Å². The maximum Gasteiger partial charge on any atom is 0.0724 e. The molecule has 0 amide bonds. The molecule has 0 saturated carbocycles. The molecule has 0 unspecified atom stereocenters. The lowest BCUT2D eigenvalue weighted by atomic mass is 10.1. The van der Waals surface area contributed by atoms with E-state index < -0.39 is 0 Å². The molecule has 1 aromatic heterocycles. The zero-order chi connectivity index (χ0) is 11.5. The standard InChI is InChI=1S/C12H14ClN3/c1-14-7-10-8-15-16(2)12(10)9-4-3-5-11(13)6-9/h3-6,8,14H,7H2,1-2H3. The third-order valence-electron chi connectivity index (χ3n) is 2.48. The van der Waals surface area contributed by atoms with Gasteiger partial charge in [0.2, 0.25) is 0 Å². The second kappa shape index (κ2) is 4.68. The fraction of sp³-hybridized carbons (Fsp3) is 0.250. The highest BCUT2D eigenvalue weighted by molar-refractivity contribution is 6.30. The Bertz CT molecular complexity index is 491. The van der Waals surface area contributed by atoms with Crippen LogP contribution >= 0.6 is 11.6 Å². The molecule has 0 aliphatic carbocycles. The van der Waals surface area contributed by atoms with E-state index in [1.54, 1.807) is 0 Å². The zero-order valence-electron chi connectivity index (χ0n) is 9.37. The van der Waals surface area contributed by atoms with Gasteiger partial charge >= 0.3 is 0 Å². The molecule has 0 spiro atoms. The molecule has 2 rings (SSSR count). The smallest absolute Gasteiger partial charge is 0.0724 e. The summed E-state index contributed by atoms with van der Waals surface area (Å²) in [7, 11) is 3.87. The maximum atomic E-state index is 6.00. The molecule has 2 aromatic rings. The number of benzene rings is 1. The number of rotatable bonds is 3. The molecular formula is C12H14ClN3. The topological polar surface area (TPSA) is 29.9 Å². The Hall–Kier alpha value is -1.32. The second-order valence-corrected chi connectivity index (χ2v) is 4.12. The van der Waals surface area contributed by atoms with Crippen LogP contribution in [0.3, 0.4) is 0 Å².